The Balaban J connectivity index is 0.000000177. The van der Waals surface area contributed by atoms with E-state index in [-0.39, 0.29) is 22.4 Å². The Morgan fingerprint density at radius 3 is 1.47 bits per heavy atom. The normalized spacial score (nSPS) is 17.3. The van der Waals surface area contributed by atoms with Crippen LogP contribution >= 0.6 is 0 Å². The van der Waals surface area contributed by atoms with Crippen LogP contribution in [-0.2, 0) is 32.9 Å². The average molecular weight is 1190 g/mol. The fourth-order valence-corrected chi connectivity index (χ4v) is 13.9. The predicted molar refractivity (Wildman–Crippen MR) is 332 cm³/mol. The Kier molecular flexibility index (Phi) is 18.2. The lowest BCUT2D eigenvalue weighted by Gasteiger charge is -2.32. The van der Waals surface area contributed by atoms with Gasteiger partial charge in [0.15, 0.2) is 0 Å². The van der Waals surface area contributed by atoms with E-state index < -0.39 is 36.6 Å². The number of hydrogen-bond acceptors (Lipinski definition) is 14. The number of hydrogen-bond donors (Lipinski definition) is 4. The smallest absolute Gasteiger partial charge is 0.264 e. The minimum absolute atomic E-state index is 0.0231. The van der Waals surface area contributed by atoms with Gasteiger partial charge in [0.25, 0.3) is 20.0 Å². The molecule has 12 rings (SSSR count). The molecule has 2 aromatic heterocycles. The van der Waals surface area contributed by atoms with E-state index in [2.05, 4.69) is 100 Å². The van der Waals surface area contributed by atoms with Gasteiger partial charge in [-0.2, -0.15) is 0 Å². The van der Waals surface area contributed by atoms with Crippen LogP contribution in [0, 0.1) is 18.6 Å². The van der Waals surface area contributed by atoms with Crippen molar-refractivity contribution in [3.8, 4) is 22.5 Å². The Hall–Kier alpha value is -7.72. The maximum atomic E-state index is 14.1. The lowest BCUT2D eigenvalue weighted by atomic mass is 9.78. The molecular weight excluding hydrogens is 1110 g/mol. The summed E-state index contributed by atoms with van der Waals surface area (Å²) in [7, 11) is -3.54. The van der Waals surface area contributed by atoms with Crippen molar-refractivity contribution in [2.45, 2.75) is 54.2 Å². The molecule has 0 radical (unpaired) electrons. The number of piperazine rings is 2. The van der Waals surface area contributed by atoms with Gasteiger partial charge in [0, 0.05) is 118 Å². The van der Waals surface area contributed by atoms with Gasteiger partial charge in [-0.15, -0.1) is 0 Å². The van der Waals surface area contributed by atoms with Crippen molar-refractivity contribution in [2.24, 2.45) is 0 Å². The summed E-state index contributed by atoms with van der Waals surface area (Å²) in [6.45, 7) is 14.7. The molecule has 4 heterocycles. The zero-order valence-corrected chi connectivity index (χ0v) is 49.8. The van der Waals surface area contributed by atoms with Crippen molar-refractivity contribution in [3.63, 3.8) is 0 Å². The van der Waals surface area contributed by atoms with Gasteiger partial charge in [-0.1, -0.05) is 84.9 Å². The first kappa shape index (κ1) is 59.0. The van der Waals surface area contributed by atoms with Crippen molar-refractivity contribution >= 4 is 43.3 Å². The van der Waals surface area contributed by atoms with Gasteiger partial charge in [0.2, 0.25) is 11.9 Å². The number of nitrogens with zero attached hydrogens (tertiary/aromatic N) is 8. The lowest BCUT2D eigenvalue weighted by Crippen LogP contribution is -2.44. The molecule has 2 fully saturated rings. The molecule has 442 valence electrons. The third-order valence-corrected chi connectivity index (χ3v) is 19.2. The zero-order valence-electron chi connectivity index (χ0n) is 48.2. The number of halogens is 2. The number of nitrogens with one attached hydrogen (secondary N) is 4. The molecule has 2 aliphatic carbocycles. The SMILES string of the molecule is CN1CCN(CCCNc2ncc3c(n2)-c2ccccc2C(c2ccc(NS(=O)(=O)c4ccc(F)cc4F)cc2)C3)CC1.Cc1cccc(S(=O)(=O)Nc2ccc(C3Cc4cnc(NCCCN5CCN(C)CC5)nc4-c4ccccc43)cc2)c1. The van der Waals surface area contributed by atoms with Gasteiger partial charge in [-0.05, 0) is 147 Å². The van der Waals surface area contributed by atoms with E-state index in [4.69, 9.17) is 9.97 Å². The minimum Gasteiger partial charge on any atom is -0.354 e. The van der Waals surface area contributed by atoms with Crippen LogP contribution < -0.4 is 20.1 Å². The van der Waals surface area contributed by atoms with Crippen LogP contribution in [0.25, 0.3) is 22.5 Å². The first-order valence-corrected chi connectivity index (χ1v) is 32.1. The summed E-state index contributed by atoms with van der Waals surface area (Å²) in [5, 5.41) is 6.84. The van der Waals surface area contributed by atoms with E-state index in [1.807, 2.05) is 73.9 Å². The highest BCUT2D eigenvalue weighted by Crippen LogP contribution is 2.44. The van der Waals surface area contributed by atoms with Crippen molar-refractivity contribution in [2.75, 3.05) is 113 Å². The number of likely N-dealkylation sites (N-methyl/N-ethyl adjacent to an activating group) is 2. The largest absolute Gasteiger partial charge is 0.354 e. The number of anilines is 4. The van der Waals surface area contributed by atoms with Crippen molar-refractivity contribution < 1.29 is 25.6 Å². The number of aromatic nitrogens is 4. The van der Waals surface area contributed by atoms with E-state index in [0.717, 1.165) is 166 Å². The molecule has 8 aromatic rings. The fraction of sp³-hybridized carbons (Fsp3) is 0.323. The van der Waals surface area contributed by atoms with Crippen LogP contribution in [0.5, 0.6) is 0 Å². The molecule has 16 nitrogen and oxygen atoms in total. The molecule has 2 aliphatic heterocycles. The molecule has 4 aliphatic rings. The van der Waals surface area contributed by atoms with Gasteiger partial charge in [-0.3, -0.25) is 9.44 Å². The Bertz CT molecular complexity index is 3860. The average Bonchev–Trinajstić information content (AvgIpc) is 3.63. The molecule has 6 aromatic carbocycles. The van der Waals surface area contributed by atoms with E-state index in [1.54, 1.807) is 30.3 Å². The summed E-state index contributed by atoms with van der Waals surface area (Å²) in [4.78, 5) is 28.5. The molecule has 0 saturated carbocycles. The van der Waals surface area contributed by atoms with Gasteiger partial charge in [0.05, 0.1) is 16.3 Å². The summed E-state index contributed by atoms with van der Waals surface area (Å²) < 4.78 is 83.7. The van der Waals surface area contributed by atoms with Gasteiger partial charge in [-0.25, -0.2) is 45.6 Å². The summed E-state index contributed by atoms with van der Waals surface area (Å²) in [5.41, 5.74) is 12.4. The molecule has 2 unspecified atom stereocenters. The summed E-state index contributed by atoms with van der Waals surface area (Å²) in [6, 6.07) is 40.6. The lowest BCUT2D eigenvalue weighted by molar-refractivity contribution is 0.154. The predicted octanol–water partition coefficient (Wildman–Crippen LogP) is 9.95. The molecule has 20 heteroatoms. The number of aryl methyl sites for hydroxylation is 1. The van der Waals surface area contributed by atoms with Gasteiger partial charge in [0.1, 0.15) is 16.5 Å². The number of benzene rings is 6. The van der Waals surface area contributed by atoms with Crippen LogP contribution in [0.4, 0.5) is 32.1 Å². The highest BCUT2D eigenvalue weighted by molar-refractivity contribution is 7.93. The van der Waals surface area contributed by atoms with E-state index in [1.165, 1.54) is 5.56 Å². The number of fused-ring (bicyclic) bond motifs is 6. The summed E-state index contributed by atoms with van der Waals surface area (Å²) in [5.74, 6) is -0.542. The molecule has 85 heavy (non-hydrogen) atoms. The minimum atomic E-state index is -4.23. The Morgan fingerprint density at radius 2 is 1.00 bits per heavy atom. The molecular formula is C65H72F2N12O4S2. The molecule has 2 saturated heterocycles. The van der Waals surface area contributed by atoms with E-state index in [9.17, 15) is 25.6 Å². The van der Waals surface area contributed by atoms with Gasteiger partial charge >= 0.3 is 0 Å². The third kappa shape index (κ3) is 14.3. The standard InChI is InChI=1S/C33H38N6O2S.C32H34F2N6O2S/c1-24-7-5-8-28(21-24)42(40,41)37-27-13-11-25(12-14-27)31-22-26-23-35-33(36-32(26)30-10-4-3-9-29(30)31)34-15-6-16-39-19-17-38(2)18-20-39;1-39-15-17-40(18-16-39)14-4-13-35-32-36-21-23-19-28(26-5-2-3-6-27(26)31(23)37-32)22-7-10-25(11-8-22)38-43(41,42)30-12-9-24(33)20-29(30)34/h3-5,7-14,21,23,31,37H,6,15-20,22H2,1-2H3,(H,34,35,36);2-3,5-12,20-21,28,38H,4,13-19H2,1H3,(H,35,36,37). The van der Waals surface area contributed by atoms with Gasteiger partial charge < -0.3 is 30.2 Å². The second kappa shape index (κ2) is 26.3. The molecule has 4 N–H and O–H groups in total. The van der Waals surface area contributed by atoms with Crippen LogP contribution in [0.3, 0.4) is 0 Å². The van der Waals surface area contributed by atoms with E-state index >= 15 is 0 Å². The quantitative estimate of drug-likeness (QED) is 0.0596. The zero-order chi connectivity index (χ0) is 59.1. The number of rotatable bonds is 18. The van der Waals surface area contributed by atoms with Crippen molar-refractivity contribution in [1.82, 2.24) is 39.5 Å². The molecule has 0 amide bonds. The Labute approximate surface area is 497 Å². The second-order valence-electron chi connectivity index (χ2n) is 22.5. The van der Waals surface area contributed by atoms with Crippen LogP contribution in [0.2, 0.25) is 0 Å². The fourth-order valence-electron chi connectivity index (χ4n) is 11.7. The molecule has 2 atom stereocenters. The van der Waals surface area contributed by atoms with Crippen molar-refractivity contribution in [1.29, 1.82) is 0 Å². The topological polar surface area (TPSA) is 181 Å². The Morgan fingerprint density at radius 1 is 0.529 bits per heavy atom. The van der Waals surface area contributed by atoms with Crippen LogP contribution in [0.1, 0.15) is 63.6 Å². The molecule has 0 spiro atoms. The first-order chi connectivity index (χ1) is 41.1. The monoisotopic (exact) mass is 1190 g/mol. The first-order valence-electron chi connectivity index (χ1n) is 29.1. The highest BCUT2D eigenvalue weighted by atomic mass is 32.2. The summed E-state index contributed by atoms with van der Waals surface area (Å²) in [6.07, 6.45) is 7.41. The summed E-state index contributed by atoms with van der Waals surface area (Å²) >= 11 is 0. The number of sulfonamides is 2. The maximum absolute atomic E-state index is 14.1. The second-order valence-corrected chi connectivity index (χ2v) is 25.9. The van der Waals surface area contributed by atoms with Crippen molar-refractivity contribution in [3.05, 3.63) is 202 Å². The van der Waals surface area contributed by atoms with E-state index in [0.29, 0.717) is 30.1 Å². The van der Waals surface area contributed by atoms with Crippen LogP contribution in [0.15, 0.2) is 162 Å². The third-order valence-electron chi connectivity index (χ3n) is 16.4. The maximum Gasteiger partial charge on any atom is 0.264 e. The highest BCUT2D eigenvalue weighted by Gasteiger charge is 2.30. The van der Waals surface area contributed by atoms with Crippen LogP contribution in [-0.4, -0.2) is 149 Å². The molecule has 0 bridgehead atoms.